The molecule has 1 aromatic rings. The molecule has 0 aliphatic carbocycles. The number of hydrogen-bond donors (Lipinski definition) is 1. The predicted molar refractivity (Wildman–Crippen MR) is 73.1 cm³/mol. The summed E-state index contributed by atoms with van der Waals surface area (Å²) in [7, 11) is 0. The lowest BCUT2D eigenvalue weighted by molar-refractivity contribution is -0.235. The van der Waals surface area contributed by atoms with Crippen LogP contribution in [0, 0.1) is 11.3 Å². The van der Waals surface area contributed by atoms with Gasteiger partial charge in [0.2, 0.25) is 0 Å². The highest BCUT2D eigenvalue weighted by Crippen LogP contribution is 2.08. The van der Waals surface area contributed by atoms with Gasteiger partial charge in [0.05, 0.1) is 0 Å². The molecule has 0 aromatic heterocycles. The molecule has 0 atom stereocenters. The minimum atomic E-state index is -1.20. The molecule has 5 nitrogen and oxygen atoms in total. The molecule has 1 aliphatic heterocycles. The molecule has 1 aliphatic rings. The zero-order chi connectivity index (χ0) is 14.8. The molecule has 0 radical (unpaired) electrons. The zero-order valence-corrected chi connectivity index (χ0v) is 11.1. The van der Waals surface area contributed by atoms with E-state index in [4.69, 9.17) is 10.4 Å². The third-order valence-corrected chi connectivity index (χ3v) is 2.35. The van der Waals surface area contributed by atoms with Gasteiger partial charge in [-0.2, -0.15) is 10.1 Å². The molecule has 104 valence electrons. The minimum Gasteiger partial charge on any atom is -0.477 e. The Kier molecular flexibility index (Phi) is 6.59. The molecule has 1 aromatic carbocycles. The molecule has 0 saturated carbocycles. The van der Waals surface area contributed by atoms with Crippen LogP contribution in [0.1, 0.15) is 18.9 Å². The predicted octanol–water partition coefficient (Wildman–Crippen LogP) is 2.92. The number of benzene rings is 1. The Hall–Kier alpha value is -2.58. The average molecular weight is 273 g/mol. The summed E-state index contributed by atoms with van der Waals surface area (Å²) in [6.45, 7) is 2.64. The Morgan fingerprint density at radius 2 is 2.15 bits per heavy atom. The van der Waals surface area contributed by atoms with Gasteiger partial charge in [-0.1, -0.05) is 37.3 Å². The highest BCUT2D eigenvalue weighted by Gasteiger charge is 2.04. The molecule has 2 rings (SSSR count). The van der Waals surface area contributed by atoms with Crippen LogP contribution >= 0.6 is 0 Å². The van der Waals surface area contributed by atoms with Crippen molar-refractivity contribution >= 4 is 12.0 Å². The average Bonchev–Trinajstić information content (AvgIpc) is 2.99. The summed E-state index contributed by atoms with van der Waals surface area (Å²) < 4.78 is 0. The second kappa shape index (κ2) is 8.51. The quantitative estimate of drug-likeness (QED) is 0.520. The number of nitriles is 1. The van der Waals surface area contributed by atoms with Crippen molar-refractivity contribution in [2.24, 2.45) is 0 Å². The Morgan fingerprint density at radius 1 is 1.45 bits per heavy atom. The fourth-order valence-electron chi connectivity index (χ4n) is 1.33. The van der Waals surface area contributed by atoms with Crippen LogP contribution in [0.2, 0.25) is 0 Å². The normalized spacial score (nSPS) is 13.4. The van der Waals surface area contributed by atoms with Crippen LogP contribution in [0.4, 0.5) is 0 Å². The largest absolute Gasteiger partial charge is 0.477 e. The van der Waals surface area contributed by atoms with E-state index in [-0.39, 0.29) is 5.57 Å². The number of carbonyl (C=O) groups is 1. The van der Waals surface area contributed by atoms with Gasteiger partial charge in [-0.3, -0.25) is 0 Å². The molecule has 1 heterocycles. The molecule has 0 fully saturated rings. The first-order valence-corrected chi connectivity index (χ1v) is 6.06. The second-order valence-electron chi connectivity index (χ2n) is 3.78. The van der Waals surface area contributed by atoms with Crippen LogP contribution in [0.3, 0.4) is 0 Å². The van der Waals surface area contributed by atoms with Gasteiger partial charge < -0.3 is 9.99 Å². The first kappa shape index (κ1) is 15.5. The smallest absolute Gasteiger partial charge is 0.346 e. The van der Waals surface area contributed by atoms with Crippen LogP contribution in [0.5, 0.6) is 0 Å². The van der Waals surface area contributed by atoms with E-state index >= 15 is 0 Å². The van der Waals surface area contributed by atoms with E-state index in [9.17, 15) is 4.79 Å². The lowest BCUT2D eigenvalue weighted by Crippen LogP contribution is -1.97. The first-order chi connectivity index (χ1) is 9.67. The third kappa shape index (κ3) is 5.38. The molecule has 1 N–H and O–H groups in total. The molecule has 0 saturated heterocycles. The summed E-state index contributed by atoms with van der Waals surface area (Å²) in [6.07, 6.45) is 4.20. The highest BCUT2D eigenvalue weighted by molar-refractivity contribution is 5.96. The number of hydrogen-bond acceptors (Lipinski definition) is 4. The van der Waals surface area contributed by atoms with Crippen LogP contribution in [-0.4, -0.2) is 17.7 Å². The number of carboxylic acid groups (broad SMARTS) is 1. The molecular weight excluding hydrogens is 258 g/mol. The molecule has 5 heteroatoms. The molecule has 0 bridgehead atoms. The third-order valence-electron chi connectivity index (χ3n) is 2.35. The summed E-state index contributed by atoms with van der Waals surface area (Å²) in [6, 6.07) is 10.5. The molecule has 20 heavy (non-hydrogen) atoms. The lowest BCUT2D eigenvalue weighted by atomic mass is 10.1. The monoisotopic (exact) mass is 273 g/mol. The zero-order valence-electron chi connectivity index (χ0n) is 11.1. The number of rotatable bonds is 3. The number of nitrogens with zero attached hydrogens (tertiary/aromatic N) is 1. The van der Waals surface area contributed by atoms with Crippen molar-refractivity contribution < 1.29 is 19.7 Å². The van der Waals surface area contributed by atoms with Gasteiger partial charge in [0.15, 0.2) is 0 Å². The fraction of sp³-hybridized carbons (Fsp3) is 0.200. The Bertz CT molecular complexity index is 541. The number of carboxylic acids is 1. The summed E-state index contributed by atoms with van der Waals surface area (Å²) in [5.41, 5.74) is 0.452. The highest BCUT2D eigenvalue weighted by atomic mass is 17.2. The Morgan fingerprint density at radius 3 is 2.55 bits per heavy atom. The van der Waals surface area contributed by atoms with E-state index < -0.39 is 5.97 Å². The van der Waals surface area contributed by atoms with Crippen LogP contribution in [0.25, 0.3) is 6.08 Å². The SMILES string of the molecule is CCC1=CCOO1.N#CC(=Cc1ccccc1)C(=O)O. The van der Waals surface area contributed by atoms with E-state index in [1.54, 1.807) is 30.3 Å². The van der Waals surface area contributed by atoms with Crippen molar-refractivity contribution in [3.05, 3.63) is 53.3 Å². The van der Waals surface area contributed by atoms with E-state index in [0.717, 1.165) is 12.2 Å². The van der Waals surface area contributed by atoms with Gasteiger partial charge in [0.1, 0.15) is 24.0 Å². The standard InChI is InChI=1S/C10H7NO2.C5H8O2/c11-7-9(10(12)13)6-8-4-2-1-3-5-8;1-2-5-3-4-6-7-5/h1-6H,(H,12,13);3H,2,4H2,1H3. The van der Waals surface area contributed by atoms with Gasteiger partial charge in [-0.25, -0.2) is 4.79 Å². The minimum absolute atomic E-state index is 0.258. The fourth-order valence-corrected chi connectivity index (χ4v) is 1.33. The maximum absolute atomic E-state index is 10.4. The van der Waals surface area contributed by atoms with Crippen molar-refractivity contribution in [2.75, 3.05) is 6.61 Å². The molecular formula is C15H15NO4. The van der Waals surface area contributed by atoms with Gasteiger partial charge in [0, 0.05) is 6.42 Å². The van der Waals surface area contributed by atoms with E-state index in [0.29, 0.717) is 12.2 Å². The van der Waals surface area contributed by atoms with Gasteiger partial charge in [-0.15, -0.1) is 0 Å². The molecule has 0 unspecified atom stereocenters. The van der Waals surface area contributed by atoms with Crippen molar-refractivity contribution in [1.29, 1.82) is 5.26 Å². The van der Waals surface area contributed by atoms with Gasteiger partial charge in [0.25, 0.3) is 0 Å². The maximum Gasteiger partial charge on any atom is 0.346 e. The maximum atomic E-state index is 10.4. The first-order valence-electron chi connectivity index (χ1n) is 6.06. The van der Waals surface area contributed by atoms with E-state index in [2.05, 4.69) is 9.78 Å². The summed E-state index contributed by atoms with van der Waals surface area (Å²) in [4.78, 5) is 19.7. The van der Waals surface area contributed by atoms with Crippen molar-refractivity contribution in [3.8, 4) is 6.07 Å². The number of aliphatic carboxylic acids is 1. The Balaban J connectivity index is 0.000000240. The van der Waals surface area contributed by atoms with Crippen molar-refractivity contribution in [1.82, 2.24) is 0 Å². The van der Waals surface area contributed by atoms with Crippen LogP contribution in [0.15, 0.2) is 47.7 Å². The van der Waals surface area contributed by atoms with Crippen molar-refractivity contribution in [3.63, 3.8) is 0 Å². The topological polar surface area (TPSA) is 79.5 Å². The van der Waals surface area contributed by atoms with Crippen LogP contribution < -0.4 is 0 Å². The summed E-state index contributed by atoms with van der Waals surface area (Å²) in [5.74, 6) is -0.258. The van der Waals surface area contributed by atoms with E-state index in [1.807, 2.05) is 19.1 Å². The second-order valence-corrected chi connectivity index (χ2v) is 3.78. The van der Waals surface area contributed by atoms with E-state index in [1.165, 1.54) is 6.08 Å². The summed E-state index contributed by atoms with van der Waals surface area (Å²) in [5, 5.41) is 17.0. The summed E-state index contributed by atoms with van der Waals surface area (Å²) >= 11 is 0. The number of allylic oxidation sites excluding steroid dienone is 1. The lowest BCUT2D eigenvalue weighted by Gasteiger charge is -1.92. The van der Waals surface area contributed by atoms with Crippen molar-refractivity contribution in [2.45, 2.75) is 13.3 Å². The van der Waals surface area contributed by atoms with Gasteiger partial charge in [-0.05, 0) is 17.7 Å². The molecule has 0 spiro atoms. The molecule has 0 amide bonds. The van der Waals surface area contributed by atoms with Gasteiger partial charge >= 0.3 is 5.97 Å². The Labute approximate surface area is 117 Å². The van der Waals surface area contributed by atoms with Crippen LogP contribution in [-0.2, 0) is 14.6 Å².